The van der Waals surface area contributed by atoms with E-state index in [1.54, 1.807) is 0 Å². The maximum absolute atomic E-state index is 3.39. The minimum absolute atomic E-state index is 0. The highest BCUT2D eigenvalue weighted by Crippen LogP contribution is 2.03. The van der Waals surface area contributed by atoms with Crippen LogP contribution in [0.25, 0.3) is 0 Å². The summed E-state index contributed by atoms with van der Waals surface area (Å²) in [5, 5.41) is 3.39. The predicted octanol–water partition coefficient (Wildman–Crippen LogP) is 2.19. The van der Waals surface area contributed by atoms with Gasteiger partial charge in [0.1, 0.15) is 0 Å². The Bertz CT molecular complexity index is 28.7. The summed E-state index contributed by atoms with van der Waals surface area (Å²) < 4.78 is 0. The summed E-state index contributed by atoms with van der Waals surface area (Å²) in [7, 11) is 0. The van der Waals surface area contributed by atoms with E-state index in [1.165, 1.54) is 45.2 Å². The van der Waals surface area contributed by atoms with Gasteiger partial charge in [-0.15, -0.1) is 0 Å². The molecule has 1 heterocycles. The zero-order chi connectivity index (χ0) is 5.66. The van der Waals surface area contributed by atoms with Gasteiger partial charge in [-0.3, -0.25) is 0 Å². The van der Waals surface area contributed by atoms with E-state index in [0.717, 1.165) is 0 Å². The largest absolute Gasteiger partial charge is 0.317 e. The van der Waals surface area contributed by atoms with Crippen LogP contribution >= 0.6 is 0 Å². The third kappa shape index (κ3) is 6.09. The lowest BCUT2D eigenvalue weighted by atomic mass is 10.1. The molecule has 1 nitrogen and oxygen atoms in total. The maximum atomic E-state index is 3.39. The molecular weight excluding hydrogens is 122 g/mol. The van der Waals surface area contributed by atoms with Crippen molar-refractivity contribution in [3.63, 3.8) is 0 Å². The average Bonchev–Trinajstić information content (AvgIpc) is 1.62. The molecule has 0 spiro atoms. The van der Waals surface area contributed by atoms with Crippen molar-refractivity contribution in [1.29, 1.82) is 0 Å². The van der Waals surface area contributed by atoms with Crippen molar-refractivity contribution in [3.8, 4) is 0 Å². The molecule has 1 heteroatoms. The van der Waals surface area contributed by atoms with E-state index in [2.05, 4.69) is 5.32 Å². The standard InChI is InChI=1S/C7H15N.2CH2/c1-2-4-6-8-7-5-3-1;;/h8H,1-7H2;2*1H2. The summed E-state index contributed by atoms with van der Waals surface area (Å²) >= 11 is 0. The Balaban J connectivity index is 0. The Morgan fingerprint density at radius 3 is 1.50 bits per heavy atom. The lowest BCUT2D eigenvalue weighted by Gasteiger charge is -2.08. The first-order valence-corrected chi connectivity index (χ1v) is 3.71. The van der Waals surface area contributed by atoms with E-state index < -0.39 is 0 Å². The van der Waals surface area contributed by atoms with E-state index >= 15 is 0 Å². The molecule has 0 unspecified atom stereocenters. The highest BCUT2D eigenvalue weighted by molar-refractivity contribution is 4.54. The topological polar surface area (TPSA) is 12.0 Å². The molecule has 0 saturated carbocycles. The molecule has 0 atom stereocenters. The normalized spacial score (nSPS) is 19.2. The van der Waals surface area contributed by atoms with E-state index in [1.807, 2.05) is 0 Å². The fourth-order valence-corrected chi connectivity index (χ4v) is 1.16. The minimum atomic E-state index is 0. The summed E-state index contributed by atoms with van der Waals surface area (Å²) in [6.45, 7) is 2.50. The van der Waals surface area contributed by atoms with Crippen LogP contribution in [0.3, 0.4) is 0 Å². The average molecular weight is 141 g/mol. The van der Waals surface area contributed by atoms with Crippen LogP contribution in [0.15, 0.2) is 0 Å². The molecule has 1 rings (SSSR count). The summed E-state index contributed by atoms with van der Waals surface area (Å²) in [6, 6.07) is 0. The summed E-state index contributed by atoms with van der Waals surface area (Å²) in [6.07, 6.45) is 7.11. The van der Waals surface area contributed by atoms with Crippen molar-refractivity contribution in [2.24, 2.45) is 0 Å². The van der Waals surface area contributed by atoms with Gasteiger partial charge in [-0.25, -0.2) is 0 Å². The zero-order valence-corrected chi connectivity index (χ0v) is 6.86. The second kappa shape index (κ2) is 8.96. The Morgan fingerprint density at radius 2 is 1.00 bits per heavy atom. The van der Waals surface area contributed by atoms with Crippen molar-refractivity contribution in [1.82, 2.24) is 5.32 Å². The number of rotatable bonds is 0. The van der Waals surface area contributed by atoms with E-state index in [-0.39, 0.29) is 14.9 Å². The highest BCUT2D eigenvalue weighted by atomic mass is 14.8. The molecule has 0 aromatic rings. The molecular formula is C9H19N. The molecule has 1 aliphatic heterocycles. The van der Waals surface area contributed by atoms with Crippen LogP contribution in [0.2, 0.25) is 0 Å². The van der Waals surface area contributed by atoms with Crippen LogP contribution in [0.1, 0.15) is 32.1 Å². The van der Waals surface area contributed by atoms with Crippen molar-refractivity contribution in [2.45, 2.75) is 32.1 Å². The Kier molecular flexibility index (Phi) is 11.3. The van der Waals surface area contributed by atoms with E-state index in [4.69, 9.17) is 0 Å². The van der Waals surface area contributed by atoms with Crippen LogP contribution in [0, 0.1) is 14.9 Å². The lowest BCUT2D eigenvalue weighted by Crippen LogP contribution is -2.18. The van der Waals surface area contributed by atoms with Gasteiger partial charge >= 0.3 is 0 Å². The van der Waals surface area contributed by atoms with Crippen LogP contribution in [-0.2, 0) is 0 Å². The number of hydrogen-bond donors (Lipinski definition) is 1. The molecule has 1 aliphatic rings. The number of hydrogen-bond acceptors (Lipinski definition) is 1. The van der Waals surface area contributed by atoms with Gasteiger partial charge < -0.3 is 5.32 Å². The molecule has 0 aromatic carbocycles. The van der Waals surface area contributed by atoms with Crippen molar-refractivity contribution in [2.75, 3.05) is 13.1 Å². The first kappa shape index (κ1) is 12.6. The second-order valence-electron chi connectivity index (χ2n) is 2.52. The minimum Gasteiger partial charge on any atom is -0.317 e. The molecule has 60 valence electrons. The van der Waals surface area contributed by atoms with Crippen LogP contribution in [0.5, 0.6) is 0 Å². The van der Waals surface area contributed by atoms with Crippen molar-refractivity contribution >= 4 is 0 Å². The highest BCUT2D eigenvalue weighted by Gasteiger charge is 1.94. The fraction of sp³-hybridized carbons (Fsp3) is 0.778. The first-order chi connectivity index (χ1) is 4.00. The monoisotopic (exact) mass is 141 g/mol. The van der Waals surface area contributed by atoms with Gasteiger partial charge in [0.25, 0.3) is 0 Å². The molecule has 0 aromatic heterocycles. The smallest absolute Gasteiger partial charge is 0.00489 e. The summed E-state index contributed by atoms with van der Waals surface area (Å²) in [5.74, 6) is 0. The van der Waals surface area contributed by atoms with E-state index in [9.17, 15) is 0 Å². The summed E-state index contributed by atoms with van der Waals surface area (Å²) in [4.78, 5) is 0. The first-order valence-electron chi connectivity index (χ1n) is 3.71. The quantitative estimate of drug-likeness (QED) is 0.545. The van der Waals surface area contributed by atoms with Crippen LogP contribution in [0.4, 0.5) is 0 Å². The van der Waals surface area contributed by atoms with Gasteiger partial charge in [-0.05, 0) is 25.9 Å². The molecule has 10 heavy (non-hydrogen) atoms. The van der Waals surface area contributed by atoms with Gasteiger partial charge in [0.2, 0.25) is 0 Å². The van der Waals surface area contributed by atoms with Gasteiger partial charge in [-0.1, -0.05) is 34.1 Å². The molecule has 0 amide bonds. The third-order valence-corrected chi connectivity index (χ3v) is 1.71. The Hall–Kier alpha value is -0.0400. The van der Waals surface area contributed by atoms with Crippen molar-refractivity contribution in [3.05, 3.63) is 14.9 Å². The molecule has 1 saturated heterocycles. The molecule has 1 N–H and O–H groups in total. The van der Waals surface area contributed by atoms with Crippen molar-refractivity contribution < 1.29 is 0 Å². The van der Waals surface area contributed by atoms with Gasteiger partial charge in [0, 0.05) is 0 Å². The third-order valence-electron chi connectivity index (χ3n) is 1.71. The molecule has 0 bridgehead atoms. The van der Waals surface area contributed by atoms with Gasteiger partial charge in [0.15, 0.2) is 0 Å². The number of nitrogens with one attached hydrogen (secondary N) is 1. The Labute approximate surface area is 66.2 Å². The maximum Gasteiger partial charge on any atom is -0.00489 e. The van der Waals surface area contributed by atoms with Crippen LogP contribution in [-0.4, -0.2) is 13.1 Å². The molecule has 0 aliphatic carbocycles. The van der Waals surface area contributed by atoms with Crippen LogP contribution < -0.4 is 5.32 Å². The molecule has 4 radical (unpaired) electrons. The fourth-order valence-electron chi connectivity index (χ4n) is 1.16. The zero-order valence-electron chi connectivity index (χ0n) is 6.86. The predicted molar refractivity (Wildman–Crippen MR) is 46.7 cm³/mol. The lowest BCUT2D eigenvalue weighted by molar-refractivity contribution is 0.516. The van der Waals surface area contributed by atoms with Gasteiger partial charge in [0.05, 0.1) is 0 Å². The molecule has 1 fully saturated rings. The SMILES string of the molecule is C1CCCNCCC1.[CH2].[CH2]. The Morgan fingerprint density at radius 1 is 0.600 bits per heavy atom. The van der Waals surface area contributed by atoms with Gasteiger partial charge in [-0.2, -0.15) is 0 Å². The second-order valence-corrected chi connectivity index (χ2v) is 2.52. The van der Waals surface area contributed by atoms with E-state index in [0.29, 0.717) is 0 Å². The summed E-state index contributed by atoms with van der Waals surface area (Å²) in [5.41, 5.74) is 0.